The number of esters is 1. The summed E-state index contributed by atoms with van der Waals surface area (Å²) in [5.74, 6) is 0.528. The Morgan fingerprint density at radius 1 is 0.957 bits per heavy atom. The van der Waals surface area contributed by atoms with Gasteiger partial charge in [-0.05, 0) is 18.6 Å². The molecule has 2 N–H and O–H groups in total. The highest BCUT2D eigenvalue weighted by Crippen LogP contribution is 2.12. The van der Waals surface area contributed by atoms with Crippen molar-refractivity contribution in [2.24, 2.45) is 0 Å². The van der Waals surface area contributed by atoms with Crippen LogP contribution in [0.25, 0.3) is 0 Å². The predicted octanol–water partition coefficient (Wildman–Crippen LogP) is 4.08. The lowest BCUT2D eigenvalue weighted by Gasteiger charge is -2.04. The number of unbranched alkanes of at least 4 members (excludes halogenated alkanes) is 6. The molecule has 0 amide bonds. The van der Waals surface area contributed by atoms with Gasteiger partial charge in [0, 0.05) is 6.42 Å². The maximum atomic E-state index is 11.5. The van der Waals surface area contributed by atoms with E-state index in [1.807, 2.05) is 30.3 Å². The van der Waals surface area contributed by atoms with E-state index in [1.54, 1.807) is 0 Å². The molecule has 0 radical (unpaired) electrons. The van der Waals surface area contributed by atoms with E-state index in [4.69, 9.17) is 22.3 Å². The van der Waals surface area contributed by atoms with Crippen LogP contribution in [0.1, 0.15) is 58.3 Å². The summed E-state index contributed by atoms with van der Waals surface area (Å²) < 4.78 is 36.8. The third kappa shape index (κ3) is 18.5. The Kier molecular flexibility index (Phi) is 12.2. The molecular formula is C16H26O6S. The van der Waals surface area contributed by atoms with Gasteiger partial charge in [-0.2, -0.15) is 8.42 Å². The first kappa shape index (κ1) is 21.6. The summed E-state index contributed by atoms with van der Waals surface area (Å²) in [6.07, 6.45) is 9.07. The van der Waals surface area contributed by atoms with Crippen molar-refractivity contribution in [3.8, 4) is 5.75 Å². The maximum absolute atomic E-state index is 11.5. The molecule has 0 bridgehead atoms. The van der Waals surface area contributed by atoms with E-state index in [0.29, 0.717) is 12.2 Å². The second-order valence-electron chi connectivity index (χ2n) is 5.11. The predicted molar refractivity (Wildman–Crippen MR) is 88.9 cm³/mol. The number of rotatable bonds is 9. The lowest BCUT2D eigenvalue weighted by atomic mass is 10.1. The van der Waals surface area contributed by atoms with Crippen LogP contribution < -0.4 is 4.74 Å². The highest BCUT2D eigenvalue weighted by atomic mass is 32.3. The van der Waals surface area contributed by atoms with E-state index in [0.717, 1.165) is 12.8 Å². The van der Waals surface area contributed by atoms with Crippen molar-refractivity contribution in [1.29, 1.82) is 0 Å². The maximum Gasteiger partial charge on any atom is 0.394 e. The second kappa shape index (κ2) is 13.0. The molecule has 0 saturated heterocycles. The molecule has 0 atom stereocenters. The molecule has 0 spiro atoms. The van der Waals surface area contributed by atoms with Crippen LogP contribution in [-0.4, -0.2) is 23.5 Å². The van der Waals surface area contributed by atoms with E-state index in [9.17, 15) is 4.79 Å². The standard InChI is InChI=1S/C16H24O2.H2O4S/c1-2-3-4-5-6-7-11-14-16(17)18-15-12-9-8-10-13-15;1-5(2,3)4/h8-10,12-13H,2-7,11,14H2,1H3;(H2,1,2,3,4). The molecule has 0 saturated carbocycles. The summed E-state index contributed by atoms with van der Waals surface area (Å²) in [6, 6.07) is 9.27. The van der Waals surface area contributed by atoms with Crippen LogP contribution in [0.15, 0.2) is 30.3 Å². The fraction of sp³-hybridized carbons (Fsp3) is 0.562. The first-order valence-corrected chi connectivity index (χ1v) is 9.18. The summed E-state index contributed by atoms with van der Waals surface area (Å²) in [7, 11) is -4.67. The van der Waals surface area contributed by atoms with Gasteiger partial charge >= 0.3 is 16.4 Å². The van der Waals surface area contributed by atoms with Crippen LogP contribution >= 0.6 is 0 Å². The number of carbonyl (C=O) groups is 1. The molecule has 0 heterocycles. The number of hydrogen-bond donors (Lipinski definition) is 2. The van der Waals surface area contributed by atoms with Gasteiger partial charge < -0.3 is 4.74 Å². The Labute approximate surface area is 138 Å². The first-order chi connectivity index (χ1) is 10.8. The van der Waals surface area contributed by atoms with Crippen molar-refractivity contribution in [1.82, 2.24) is 0 Å². The van der Waals surface area contributed by atoms with Gasteiger partial charge in [-0.3, -0.25) is 13.9 Å². The van der Waals surface area contributed by atoms with Gasteiger partial charge in [-0.15, -0.1) is 0 Å². The molecule has 0 unspecified atom stereocenters. The van der Waals surface area contributed by atoms with Gasteiger partial charge in [0.05, 0.1) is 0 Å². The number of ether oxygens (including phenoxy) is 1. The lowest BCUT2D eigenvalue weighted by molar-refractivity contribution is -0.134. The van der Waals surface area contributed by atoms with E-state index in [2.05, 4.69) is 6.92 Å². The van der Waals surface area contributed by atoms with Crippen LogP contribution in [0.5, 0.6) is 5.75 Å². The second-order valence-corrected chi connectivity index (χ2v) is 6.00. The minimum Gasteiger partial charge on any atom is -0.427 e. The third-order valence-electron chi connectivity index (χ3n) is 2.96. The number of benzene rings is 1. The van der Waals surface area contributed by atoms with Gasteiger partial charge in [0.1, 0.15) is 5.75 Å². The average Bonchev–Trinajstić information content (AvgIpc) is 2.45. The highest BCUT2D eigenvalue weighted by Gasteiger charge is 2.03. The first-order valence-electron chi connectivity index (χ1n) is 7.78. The van der Waals surface area contributed by atoms with Crippen molar-refractivity contribution in [2.75, 3.05) is 0 Å². The SMILES string of the molecule is CCCCCCCCCC(=O)Oc1ccccc1.O=S(=O)(O)O. The quantitative estimate of drug-likeness (QED) is 0.302. The van der Waals surface area contributed by atoms with Crippen LogP contribution in [0.4, 0.5) is 0 Å². The minimum atomic E-state index is -4.67. The van der Waals surface area contributed by atoms with Crippen LogP contribution in [0, 0.1) is 0 Å². The third-order valence-corrected chi connectivity index (χ3v) is 2.96. The fourth-order valence-electron chi connectivity index (χ4n) is 1.90. The molecule has 7 heteroatoms. The summed E-state index contributed by atoms with van der Waals surface area (Å²) in [5, 5.41) is 0. The van der Waals surface area contributed by atoms with Crippen LogP contribution in [0.3, 0.4) is 0 Å². The Morgan fingerprint density at radius 2 is 1.43 bits per heavy atom. The average molecular weight is 346 g/mol. The van der Waals surface area contributed by atoms with Crippen LogP contribution in [-0.2, 0) is 15.2 Å². The Hall–Kier alpha value is -1.44. The van der Waals surface area contributed by atoms with Gasteiger partial charge in [0.15, 0.2) is 0 Å². The summed E-state index contributed by atoms with van der Waals surface area (Å²) in [4.78, 5) is 11.5. The lowest BCUT2D eigenvalue weighted by Crippen LogP contribution is -2.07. The molecule has 1 aromatic rings. The molecular weight excluding hydrogens is 320 g/mol. The van der Waals surface area contributed by atoms with Crippen molar-refractivity contribution in [2.45, 2.75) is 58.3 Å². The Balaban J connectivity index is 0.000000841. The zero-order chi connectivity index (χ0) is 17.6. The number of carbonyl (C=O) groups excluding carboxylic acids is 1. The Bertz CT molecular complexity index is 505. The van der Waals surface area contributed by atoms with E-state index >= 15 is 0 Å². The zero-order valence-electron chi connectivity index (χ0n) is 13.5. The van der Waals surface area contributed by atoms with E-state index in [-0.39, 0.29) is 5.97 Å². The van der Waals surface area contributed by atoms with Crippen molar-refractivity contribution in [3.05, 3.63) is 30.3 Å². The molecule has 6 nitrogen and oxygen atoms in total. The van der Waals surface area contributed by atoms with Gasteiger partial charge in [-0.25, -0.2) is 0 Å². The van der Waals surface area contributed by atoms with Crippen molar-refractivity contribution in [3.63, 3.8) is 0 Å². The van der Waals surface area contributed by atoms with Gasteiger partial charge in [-0.1, -0.05) is 63.6 Å². The molecule has 0 fully saturated rings. The summed E-state index contributed by atoms with van der Waals surface area (Å²) >= 11 is 0. The summed E-state index contributed by atoms with van der Waals surface area (Å²) in [5.41, 5.74) is 0. The molecule has 1 aromatic carbocycles. The molecule has 23 heavy (non-hydrogen) atoms. The highest BCUT2D eigenvalue weighted by molar-refractivity contribution is 7.79. The number of para-hydroxylation sites is 1. The van der Waals surface area contributed by atoms with Crippen molar-refractivity contribution < 1.29 is 27.1 Å². The van der Waals surface area contributed by atoms with Gasteiger partial charge in [0.2, 0.25) is 0 Å². The normalized spacial score (nSPS) is 10.6. The van der Waals surface area contributed by atoms with Gasteiger partial charge in [0.25, 0.3) is 0 Å². The van der Waals surface area contributed by atoms with Crippen LogP contribution in [0.2, 0.25) is 0 Å². The number of hydrogen-bond acceptors (Lipinski definition) is 4. The molecule has 1 rings (SSSR count). The monoisotopic (exact) mass is 346 g/mol. The molecule has 0 aliphatic heterocycles. The largest absolute Gasteiger partial charge is 0.427 e. The molecule has 0 aliphatic carbocycles. The Morgan fingerprint density at radius 3 is 1.96 bits per heavy atom. The zero-order valence-corrected chi connectivity index (χ0v) is 14.3. The minimum absolute atomic E-state index is 0.116. The summed E-state index contributed by atoms with van der Waals surface area (Å²) in [6.45, 7) is 2.22. The molecule has 0 aromatic heterocycles. The van der Waals surface area contributed by atoms with E-state index in [1.165, 1.54) is 32.1 Å². The fourth-order valence-corrected chi connectivity index (χ4v) is 1.90. The smallest absolute Gasteiger partial charge is 0.394 e. The molecule has 132 valence electrons. The molecule has 0 aliphatic rings. The van der Waals surface area contributed by atoms with E-state index < -0.39 is 10.4 Å². The topological polar surface area (TPSA) is 101 Å². The van der Waals surface area contributed by atoms with Crippen molar-refractivity contribution >= 4 is 16.4 Å².